The van der Waals surface area contributed by atoms with Crippen LogP contribution in [0.15, 0.2) is 18.2 Å². The molecule has 2 N–H and O–H groups in total. The molecule has 2 heterocycles. The van der Waals surface area contributed by atoms with Crippen LogP contribution in [0.3, 0.4) is 0 Å². The van der Waals surface area contributed by atoms with Crippen molar-refractivity contribution in [2.75, 3.05) is 62.7 Å². The fourth-order valence-electron chi connectivity index (χ4n) is 3.60. The second-order valence-electron chi connectivity index (χ2n) is 8.84. The molecule has 0 bridgehead atoms. The molecule has 2 amide bonds. The van der Waals surface area contributed by atoms with Crippen molar-refractivity contribution in [1.82, 2.24) is 10.2 Å². The Hall–Kier alpha value is -2.12. The highest BCUT2D eigenvalue weighted by atomic mass is 16.5. The SMILES string of the molecule is CC(C)(C)C(=O)Nc1ccc(N2CCCC2)c(C(=O)NCCN2CCOCC2)c1. The van der Waals surface area contributed by atoms with Gasteiger partial charge in [-0.25, -0.2) is 0 Å². The van der Waals surface area contributed by atoms with E-state index in [0.29, 0.717) is 17.8 Å². The van der Waals surface area contributed by atoms with E-state index in [-0.39, 0.29) is 11.8 Å². The van der Waals surface area contributed by atoms with E-state index in [4.69, 9.17) is 4.74 Å². The topological polar surface area (TPSA) is 73.9 Å². The number of nitrogens with zero attached hydrogens (tertiary/aromatic N) is 2. The zero-order valence-corrected chi connectivity index (χ0v) is 17.9. The molecule has 0 atom stereocenters. The lowest BCUT2D eigenvalue weighted by Gasteiger charge is -2.27. The first kappa shape index (κ1) is 21.6. The highest BCUT2D eigenvalue weighted by Crippen LogP contribution is 2.28. The summed E-state index contributed by atoms with van der Waals surface area (Å²) in [5.74, 6) is -0.155. The van der Waals surface area contributed by atoms with Gasteiger partial charge < -0.3 is 20.3 Å². The Bertz CT molecular complexity index is 717. The number of carbonyl (C=O) groups is 2. The summed E-state index contributed by atoms with van der Waals surface area (Å²) in [6.45, 7) is 12.3. The van der Waals surface area contributed by atoms with Crippen molar-refractivity contribution in [3.05, 3.63) is 23.8 Å². The first-order chi connectivity index (χ1) is 13.8. The lowest BCUT2D eigenvalue weighted by molar-refractivity contribution is -0.123. The van der Waals surface area contributed by atoms with E-state index < -0.39 is 5.41 Å². The molecule has 0 saturated carbocycles. The summed E-state index contributed by atoms with van der Waals surface area (Å²) >= 11 is 0. The molecule has 0 radical (unpaired) electrons. The molecular weight excluding hydrogens is 368 g/mol. The smallest absolute Gasteiger partial charge is 0.253 e. The molecule has 2 aliphatic heterocycles. The van der Waals surface area contributed by atoms with Gasteiger partial charge in [0.05, 0.1) is 18.8 Å². The Labute approximate surface area is 173 Å². The average Bonchev–Trinajstić information content (AvgIpc) is 3.22. The monoisotopic (exact) mass is 402 g/mol. The van der Waals surface area contributed by atoms with Gasteiger partial charge in [0.1, 0.15) is 0 Å². The molecule has 1 aromatic rings. The van der Waals surface area contributed by atoms with E-state index in [0.717, 1.165) is 64.5 Å². The van der Waals surface area contributed by atoms with Crippen molar-refractivity contribution in [3.8, 4) is 0 Å². The quantitative estimate of drug-likeness (QED) is 0.764. The van der Waals surface area contributed by atoms with E-state index in [9.17, 15) is 9.59 Å². The molecule has 2 saturated heterocycles. The Kier molecular flexibility index (Phi) is 7.14. The number of benzene rings is 1. The summed E-state index contributed by atoms with van der Waals surface area (Å²) < 4.78 is 5.37. The molecule has 2 fully saturated rings. The molecule has 7 heteroatoms. The van der Waals surface area contributed by atoms with Gasteiger partial charge in [0, 0.05) is 56.1 Å². The van der Waals surface area contributed by atoms with E-state index in [2.05, 4.69) is 20.4 Å². The van der Waals surface area contributed by atoms with Crippen molar-refractivity contribution < 1.29 is 14.3 Å². The highest BCUT2D eigenvalue weighted by molar-refractivity contribution is 6.02. The largest absolute Gasteiger partial charge is 0.379 e. The van der Waals surface area contributed by atoms with Crippen LogP contribution in [0.2, 0.25) is 0 Å². The van der Waals surface area contributed by atoms with Gasteiger partial charge in [0.2, 0.25) is 5.91 Å². The fraction of sp³-hybridized carbons (Fsp3) is 0.636. The molecule has 7 nitrogen and oxygen atoms in total. The molecule has 0 spiro atoms. The lowest BCUT2D eigenvalue weighted by atomic mass is 9.95. The number of morpholine rings is 1. The van der Waals surface area contributed by atoms with Gasteiger partial charge in [-0.2, -0.15) is 0 Å². The minimum Gasteiger partial charge on any atom is -0.379 e. The third-order valence-electron chi connectivity index (χ3n) is 5.44. The molecule has 0 aromatic heterocycles. The molecule has 29 heavy (non-hydrogen) atoms. The van der Waals surface area contributed by atoms with E-state index in [1.165, 1.54) is 0 Å². The second-order valence-corrected chi connectivity index (χ2v) is 8.84. The van der Waals surface area contributed by atoms with Crippen LogP contribution in [0, 0.1) is 5.41 Å². The zero-order chi connectivity index (χ0) is 20.9. The molecule has 2 aliphatic rings. The van der Waals surface area contributed by atoms with Crippen LogP contribution in [0.1, 0.15) is 44.0 Å². The van der Waals surface area contributed by atoms with Gasteiger partial charge in [0.15, 0.2) is 0 Å². The third-order valence-corrected chi connectivity index (χ3v) is 5.44. The number of carbonyl (C=O) groups excluding carboxylic acids is 2. The van der Waals surface area contributed by atoms with Crippen LogP contribution < -0.4 is 15.5 Å². The fourth-order valence-corrected chi connectivity index (χ4v) is 3.60. The third kappa shape index (κ3) is 5.93. The van der Waals surface area contributed by atoms with Gasteiger partial charge in [-0.3, -0.25) is 14.5 Å². The number of anilines is 2. The van der Waals surface area contributed by atoms with E-state index in [1.54, 1.807) is 6.07 Å². The summed E-state index contributed by atoms with van der Waals surface area (Å²) in [6.07, 6.45) is 2.28. The van der Waals surface area contributed by atoms with Gasteiger partial charge in [0.25, 0.3) is 5.91 Å². The van der Waals surface area contributed by atoms with Crippen LogP contribution >= 0.6 is 0 Å². The number of rotatable bonds is 6. The van der Waals surface area contributed by atoms with Crippen molar-refractivity contribution in [3.63, 3.8) is 0 Å². The minimum atomic E-state index is -0.492. The maximum Gasteiger partial charge on any atom is 0.253 e. The minimum absolute atomic E-state index is 0.0647. The van der Waals surface area contributed by atoms with Crippen molar-refractivity contribution in [2.45, 2.75) is 33.6 Å². The molecule has 1 aromatic carbocycles. The van der Waals surface area contributed by atoms with Crippen LogP contribution in [-0.4, -0.2) is 69.2 Å². The number of hydrogen-bond donors (Lipinski definition) is 2. The predicted molar refractivity (Wildman–Crippen MR) is 116 cm³/mol. The van der Waals surface area contributed by atoms with E-state index in [1.807, 2.05) is 32.9 Å². The number of amides is 2. The predicted octanol–water partition coefficient (Wildman–Crippen LogP) is 2.33. The lowest BCUT2D eigenvalue weighted by Crippen LogP contribution is -2.41. The van der Waals surface area contributed by atoms with Gasteiger partial charge in [-0.15, -0.1) is 0 Å². The standard InChI is InChI=1S/C22H34N4O3/c1-22(2,3)21(28)24-17-6-7-19(26-9-4-5-10-26)18(16-17)20(27)23-8-11-25-12-14-29-15-13-25/h6-7,16H,4-5,8-15H2,1-3H3,(H,23,27)(H,24,28). The maximum absolute atomic E-state index is 13.0. The second kappa shape index (κ2) is 9.59. The summed E-state index contributed by atoms with van der Waals surface area (Å²) in [5, 5.41) is 6.00. The Balaban J connectivity index is 1.70. The Morgan fingerprint density at radius 1 is 1.07 bits per heavy atom. The molecule has 160 valence electrons. The number of nitrogens with one attached hydrogen (secondary N) is 2. The molecular formula is C22H34N4O3. The zero-order valence-electron chi connectivity index (χ0n) is 17.9. The molecule has 3 rings (SSSR count). The summed E-state index contributed by atoms with van der Waals surface area (Å²) in [6, 6.07) is 5.66. The number of ether oxygens (including phenoxy) is 1. The van der Waals surface area contributed by atoms with Crippen LogP contribution in [0.4, 0.5) is 11.4 Å². The normalized spacial score (nSPS) is 18.0. The maximum atomic E-state index is 13.0. The highest BCUT2D eigenvalue weighted by Gasteiger charge is 2.24. The van der Waals surface area contributed by atoms with E-state index >= 15 is 0 Å². The Morgan fingerprint density at radius 2 is 1.76 bits per heavy atom. The number of hydrogen-bond acceptors (Lipinski definition) is 5. The van der Waals surface area contributed by atoms with Crippen molar-refractivity contribution in [2.24, 2.45) is 5.41 Å². The Morgan fingerprint density at radius 3 is 2.41 bits per heavy atom. The van der Waals surface area contributed by atoms with Crippen LogP contribution in [0.25, 0.3) is 0 Å². The van der Waals surface area contributed by atoms with Crippen LogP contribution in [0.5, 0.6) is 0 Å². The van der Waals surface area contributed by atoms with Gasteiger partial charge in [-0.05, 0) is 31.0 Å². The average molecular weight is 403 g/mol. The van der Waals surface area contributed by atoms with Crippen molar-refractivity contribution >= 4 is 23.2 Å². The summed E-state index contributed by atoms with van der Waals surface area (Å²) in [7, 11) is 0. The first-order valence-corrected chi connectivity index (χ1v) is 10.6. The van der Waals surface area contributed by atoms with Gasteiger partial charge >= 0.3 is 0 Å². The molecule has 0 aliphatic carbocycles. The van der Waals surface area contributed by atoms with Crippen LogP contribution in [-0.2, 0) is 9.53 Å². The van der Waals surface area contributed by atoms with Crippen molar-refractivity contribution in [1.29, 1.82) is 0 Å². The van der Waals surface area contributed by atoms with Gasteiger partial charge in [-0.1, -0.05) is 20.8 Å². The molecule has 0 unspecified atom stereocenters. The summed E-state index contributed by atoms with van der Waals surface area (Å²) in [5.41, 5.74) is 1.74. The first-order valence-electron chi connectivity index (χ1n) is 10.6. The summed E-state index contributed by atoms with van der Waals surface area (Å²) in [4.78, 5) is 29.9.